The molecule has 0 unspecified atom stereocenters. The van der Waals surface area contributed by atoms with Crippen LogP contribution < -0.4 is 27.9 Å². The maximum Gasteiger partial charge on any atom is 0.338 e. The van der Waals surface area contributed by atoms with E-state index in [1.807, 2.05) is 0 Å². The molecule has 9 N–H and O–H groups in total. The highest BCUT2D eigenvalue weighted by Crippen LogP contribution is 1.84. The molecule has 0 aliphatic carbocycles. The van der Waals surface area contributed by atoms with Crippen LogP contribution >= 0.6 is 0 Å². The third kappa shape index (κ3) is 8.54. The fraction of sp³-hybridized carbons (Fsp3) is 0.667. The maximum atomic E-state index is 5.17. The molecule has 0 fully saturated rings. The molecule has 0 saturated heterocycles. The van der Waals surface area contributed by atoms with Crippen molar-refractivity contribution in [2.24, 2.45) is 27.9 Å². The minimum absolute atomic E-state index is 0.132. The van der Waals surface area contributed by atoms with Crippen LogP contribution in [0, 0.1) is 0 Å². The van der Waals surface area contributed by atoms with Gasteiger partial charge < -0.3 is 11.5 Å². The van der Waals surface area contributed by atoms with Crippen molar-refractivity contribution in [3.05, 3.63) is 0 Å². The Morgan fingerprint density at radius 2 is 1.75 bits per heavy atom. The van der Waals surface area contributed by atoms with Crippen LogP contribution in [0.4, 0.5) is 0 Å². The Morgan fingerprint density at radius 3 is 2.25 bits per heavy atom. The summed E-state index contributed by atoms with van der Waals surface area (Å²) in [5.74, 6) is 0.379. The predicted molar refractivity (Wildman–Crippen MR) is 49.1 cm³/mol. The predicted octanol–water partition coefficient (Wildman–Crippen LogP) is -3.61. The molecule has 0 bridgehead atoms. The van der Waals surface area contributed by atoms with Gasteiger partial charge in [-0.2, -0.15) is 0 Å². The molecule has 70 valence electrons. The molecule has 0 radical (unpaired) electrons. The summed E-state index contributed by atoms with van der Waals surface area (Å²) in [6, 6.07) is 0. The highest BCUT2D eigenvalue weighted by atomic mass is 15.0. The van der Waals surface area contributed by atoms with Crippen LogP contribution in [0.25, 0.3) is 0 Å². The third-order valence-corrected chi connectivity index (χ3v) is 1.21. The van der Waals surface area contributed by atoms with Crippen molar-refractivity contribution in [3.63, 3.8) is 0 Å². The SMILES string of the molecule is NC(N)=NCCCC[NH+]=C(N)N. The summed E-state index contributed by atoms with van der Waals surface area (Å²) >= 11 is 0. The van der Waals surface area contributed by atoms with Gasteiger partial charge in [0.25, 0.3) is 0 Å². The molecular formula is C6H17N6+. The standard InChI is InChI=1S/C6H16N6/c7-5(8)11-3-1-2-4-12-6(9)10/h1-4H2,(H4,7,8,11)(H4,9,10,12)/p+1. The second kappa shape index (κ2) is 6.26. The Kier molecular flexibility index (Phi) is 5.50. The highest BCUT2D eigenvalue weighted by molar-refractivity contribution is 5.75. The van der Waals surface area contributed by atoms with Crippen LogP contribution in [0.2, 0.25) is 0 Å². The van der Waals surface area contributed by atoms with Crippen molar-refractivity contribution in [2.45, 2.75) is 12.8 Å². The van der Waals surface area contributed by atoms with Crippen molar-refractivity contribution in [2.75, 3.05) is 13.1 Å². The number of guanidine groups is 2. The van der Waals surface area contributed by atoms with E-state index in [2.05, 4.69) is 9.98 Å². The van der Waals surface area contributed by atoms with Gasteiger partial charge >= 0.3 is 5.96 Å². The zero-order valence-corrected chi connectivity index (χ0v) is 7.09. The first-order chi connectivity index (χ1) is 5.63. The van der Waals surface area contributed by atoms with Crippen LogP contribution in [0.5, 0.6) is 0 Å². The Labute approximate surface area is 71.7 Å². The van der Waals surface area contributed by atoms with Crippen molar-refractivity contribution < 1.29 is 4.99 Å². The third-order valence-electron chi connectivity index (χ3n) is 1.21. The molecule has 0 aliphatic heterocycles. The van der Waals surface area contributed by atoms with Crippen molar-refractivity contribution in [1.29, 1.82) is 0 Å². The van der Waals surface area contributed by atoms with Gasteiger partial charge in [0.1, 0.15) is 0 Å². The lowest BCUT2D eigenvalue weighted by Gasteiger charge is -1.93. The number of aliphatic imine (C=N–C) groups is 1. The minimum atomic E-state index is 0.132. The Morgan fingerprint density at radius 1 is 1.08 bits per heavy atom. The molecular weight excluding hydrogens is 156 g/mol. The van der Waals surface area contributed by atoms with Gasteiger partial charge in [-0.3, -0.25) is 21.5 Å². The van der Waals surface area contributed by atoms with Crippen LogP contribution in [-0.4, -0.2) is 25.0 Å². The van der Waals surface area contributed by atoms with E-state index >= 15 is 0 Å². The summed E-state index contributed by atoms with van der Waals surface area (Å²) < 4.78 is 0. The van der Waals surface area contributed by atoms with E-state index in [4.69, 9.17) is 22.9 Å². The van der Waals surface area contributed by atoms with E-state index in [0.29, 0.717) is 6.54 Å². The molecule has 0 aliphatic rings. The van der Waals surface area contributed by atoms with Gasteiger partial charge in [0.2, 0.25) is 0 Å². The molecule has 12 heavy (non-hydrogen) atoms. The number of nitrogens with two attached hydrogens (primary N) is 4. The first-order valence-corrected chi connectivity index (χ1v) is 3.80. The number of rotatable bonds is 5. The molecule has 0 aromatic rings. The van der Waals surface area contributed by atoms with Gasteiger partial charge in [-0.25, -0.2) is 0 Å². The van der Waals surface area contributed by atoms with Gasteiger partial charge in [-0.1, -0.05) is 0 Å². The second-order valence-electron chi connectivity index (χ2n) is 2.40. The number of nitrogens with one attached hydrogen (secondary N) is 1. The largest absolute Gasteiger partial charge is 0.370 e. The number of nitrogens with zero attached hydrogens (tertiary/aromatic N) is 1. The van der Waals surface area contributed by atoms with Gasteiger partial charge in [0.15, 0.2) is 5.96 Å². The first-order valence-electron chi connectivity index (χ1n) is 3.80. The van der Waals surface area contributed by atoms with Crippen LogP contribution in [-0.2, 0) is 0 Å². The highest BCUT2D eigenvalue weighted by Gasteiger charge is 1.88. The van der Waals surface area contributed by atoms with Gasteiger partial charge in [0.05, 0.1) is 6.54 Å². The molecule has 0 heterocycles. The van der Waals surface area contributed by atoms with E-state index in [1.54, 1.807) is 0 Å². The Bertz CT molecular complexity index is 145. The fourth-order valence-electron chi connectivity index (χ4n) is 0.678. The van der Waals surface area contributed by atoms with Gasteiger partial charge in [0, 0.05) is 6.54 Å². The Hall–Kier alpha value is -1.46. The lowest BCUT2D eigenvalue weighted by Crippen LogP contribution is -2.78. The molecule has 0 aromatic carbocycles. The molecule has 0 aromatic heterocycles. The van der Waals surface area contributed by atoms with Gasteiger partial charge in [-0.05, 0) is 12.8 Å². The lowest BCUT2D eigenvalue weighted by molar-refractivity contribution is -0.459. The molecule has 0 spiro atoms. The topological polar surface area (TPSA) is 130 Å². The summed E-state index contributed by atoms with van der Waals surface area (Å²) in [6.45, 7) is 1.40. The molecule has 0 saturated carbocycles. The molecule has 0 atom stereocenters. The monoisotopic (exact) mass is 173 g/mol. The van der Waals surface area contributed by atoms with E-state index in [9.17, 15) is 0 Å². The van der Waals surface area contributed by atoms with E-state index in [-0.39, 0.29) is 11.9 Å². The van der Waals surface area contributed by atoms with Crippen molar-refractivity contribution in [1.82, 2.24) is 0 Å². The smallest absolute Gasteiger partial charge is 0.338 e. The van der Waals surface area contributed by atoms with Crippen LogP contribution in [0.15, 0.2) is 4.99 Å². The summed E-state index contributed by atoms with van der Waals surface area (Å²) in [6.07, 6.45) is 1.85. The number of hydrogen-bond acceptors (Lipinski definition) is 1. The molecule has 6 nitrogen and oxygen atoms in total. The summed E-state index contributed by atoms with van der Waals surface area (Å²) in [5.41, 5.74) is 20.6. The van der Waals surface area contributed by atoms with Crippen LogP contribution in [0.1, 0.15) is 12.8 Å². The summed E-state index contributed by atoms with van der Waals surface area (Å²) in [7, 11) is 0. The van der Waals surface area contributed by atoms with E-state index in [0.717, 1.165) is 19.4 Å². The van der Waals surface area contributed by atoms with Crippen LogP contribution in [0.3, 0.4) is 0 Å². The molecule has 6 heteroatoms. The normalized spacial score (nSPS) is 9.00. The second-order valence-corrected chi connectivity index (χ2v) is 2.40. The van der Waals surface area contributed by atoms with Crippen molar-refractivity contribution >= 4 is 11.9 Å². The summed E-state index contributed by atoms with van der Waals surface area (Å²) in [4.78, 5) is 6.61. The summed E-state index contributed by atoms with van der Waals surface area (Å²) in [5, 5.41) is 0. The quantitative estimate of drug-likeness (QED) is 0.167. The maximum absolute atomic E-state index is 5.17. The first kappa shape index (κ1) is 10.5. The average molecular weight is 173 g/mol. The Balaban J connectivity index is 3.23. The minimum Gasteiger partial charge on any atom is -0.370 e. The zero-order valence-electron chi connectivity index (χ0n) is 7.09. The number of hydrogen-bond donors (Lipinski definition) is 5. The number of unbranched alkanes of at least 4 members (excludes halogenated alkanes) is 1. The zero-order chi connectivity index (χ0) is 9.40. The van der Waals surface area contributed by atoms with Gasteiger partial charge in [-0.15, -0.1) is 0 Å². The van der Waals surface area contributed by atoms with E-state index < -0.39 is 0 Å². The van der Waals surface area contributed by atoms with Crippen molar-refractivity contribution in [3.8, 4) is 0 Å². The fourth-order valence-corrected chi connectivity index (χ4v) is 0.678. The molecule has 0 amide bonds. The van der Waals surface area contributed by atoms with E-state index in [1.165, 1.54) is 0 Å². The average Bonchev–Trinajstić information content (AvgIpc) is 1.95. The lowest BCUT2D eigenvalue weighted by atomic mass is 10.3. The molecule has 0 rings (SSSR count).